The molecule has 0 amide bonds. The maximum Gasteiger partial charge on any atom is 0.509 e. The molecule has 6 nitrogen and oxygen atoms in total. The van der Waals surface area contributed by atoms with Crippen LogP contribution in [0, 0.1) is 0 Å². The Morgan fingerprint density at radius 1 is 0.846 bits per heavy atom. The number of para-hydroxylation sites is 1. The molecule has 0 radical (unpaired) electrons. The van der Waals surface area contributed by atoms with Gasteiger partial charge in [-0.15, -0.1) is 0 Å². The number of benzene rings is 2. The number of carbonyl (C=O) groups is 2. The van der Waals surface area contributed by atoms with Crippen LogP contribution in [0.15, 0.2) is 54.6 Å². The molecule has 0 heterocycles. The molecule has 2 aromatic rings. The number of carbonyl (C=O) groups excluding carboxylic acids is 2. The van der Waals surface area contributed by atoms with Crippen molar-refractivity contribution in [3.63, 3.8) is 0 Å². The van der Waals surface area contributed by atoms with Crippen LogP contribution in [0.2, 0.25) is 0 Å². The van der Waals surface area contributed by atoms with Crippen LogP contribution < -0.4 is 4.74 Å². The summed E-state index contributed by atoms with van der Waals surface area (Å²) in [7, 11) is 0. The van der Waals surface area contributed by atoms with E-state index in [-0.39, 0.29) is 13.2 Å². The average molecular weight is 358 g/mol. The van der Waals surface area contributed by atoms with Crippen molar-refractivity contribution in [2.45, 2.75) is 26.4 Å². The Hall–Kier alpha value is -3.02. The lowest BCUT2D eigenvalue weighted by Gasteiger charge is -2.27. The highest BCUT2D eigenvalue weighted by molar-refractivity contribution is 5.83. The summed E-state index contributed by atoms with van der Waals surface area (Å²) in [5.74, 6) is 0.600. The van der Waals surface area contributed by atoms with Gasteiger partial charge in [-0.25, -0.2) is 9.59 Å². The van der Waals surface area contributed by atoms with Crippen molar-refractivity contribution >= 4 is 12.1 Å². The molecule has 0 N–H and O–H groups in total. The topological polar surface area (TPSA) is 71.1 Å². The van der Waals surface area contributed by atoms with Crippen molar-refractivity contribution in [3.8, 4) is 11.5 Å². The maximum absolute atomic E-state index is 12.4. The quantitative estimate of drug-likeness (QED) is 0.682. The van der Waals surface area contributed by atoms with Gasteiger partial charge in [0, 0.05) is 5.56 Å². The molecule has 0 aliphatic carbocycles. The lowest BCUT2D eigenvalue weighted by molar-refractivity contribution is -0.167. The van der Waals surface area contributed by atoms with Crippen LogP contribution in [-0.2, 0) is 24.6 Å². The minimum atomic E-state index is -1.62. The Kier molecular flexibility index (Phi) is 6.60. The van der Waals surface area contributed by atoms with Crippen molar-refractivity contribution < 1.29 is 28.5 Å². The van der Waals surface area contributed by atoms with E-state index >= 15 is 0 Å². The van der Waals surface area contributed by atoms with E-state index in [0.29, 0.717) is 17.1 Å². The highest BCUT2D eigenvalue weighted by Gasteiger charge is 2.41. The highest BCUT2D eigenvalue weighted by Crippen LogP contribution is 2.30. The fraction of sp³-hybridized carbons (Fsp3) is 0.300. The first-order chi connectivity index (χ1) is 12.5. The average Bonchev–Trinajstić information content (AvgIpc) is 2.63. The third kappa shape index (κ3) is 4.75. The molecule has 0 saturated carbocycles. The van der Waals surface area contributed by atoms with Crippen molar-refractivity contribution in [2.75, 3.05) is 13.2 Å². The summed E-state index contributed by atoms with van der Waals surface area (Å²) in [5, 5.41) is 0. The summed E-state index contributed by atoms with van der Waals surface area (Å²) < 4.78 is 20.8. The largest absolute Gasteiger partial charge is 0.509 e. The fourth-order valence-corrected chi connectivity index (χ4v) is 2.27. The Balaban J connectivity index is 2.24. The minimum absolute atomic E-state index is 0.140. The van der Waals surface area contributed by atoms with Gasteiger partial charge in [-0.2, -0.15) is 0 Å². The van der Waals surface area contributed by atoms with Crippen LogP contribution >= 0.6 is 0 Å². The van der Waals surface area contributed by atoms with Gasteiger partial charge in [-0.05, 0) is 45.0 Å². The molecule has 2 rings (SSSR count). The molecule has 0 aromatic heterocycles. The number of rotatable bonds is 7. The third-order valence-corrected chi connectivity index (χ3v) is 3.60. The van der Waals surface area contributed by atoms with Crippen LogP contribution in [0.4, 0.5) is 4.79 Å². The third-order valence-electron chi connectivity index (χ3n) is 3.60. The zero-order valence-corrected chi connectivity index (χ0v) is 15.1. The zero-order chi connectivity index (χ0) is 19.0. The molecule has 6 heteroatoms. The van der Waals surface area contributed by atoms with E-state index in [1.807, 2.05) is 30.3 Å². The Morgan fingerprint density at radius 3 is 2.00 bits per heavy atom. The van der Waals surface area contributed by atoms with Crippen LogP contribution in [-0.4, -0.2) is 25.3 Å². The molecule has 1 atom stereocenters. The van der Waals surface area contributed by atoms with Crippen LogP contribution in [0.3, 0.4) is 0 Å². The monoisotopic (exact) mass is 358 g/mol. The molecule has 0 aliphatic heterocycles. The van der Waals surface area contributed by atoms with Gasteiger partial charge in [0.25, 0.3) is 0 Å². The lowest BCUT2D eigenvalue weighted by Crippen LogP contribution is -2.39. The maximum atomic E-state index is 12.4. The number of esters is 1. The molecule has 0 fully saturated rings. The van der Waals surface area contributed by atoms with Gasteiger partial charge >= 0.3 is 12.1 Å². The summed E-state index contributed by atoms with van der Waals surface area (Å²) in [6, 6.07) is 16.0. The predicted molar refractivity (Wildman–Crippen MR) is 95.1 cm³/mol. The highest BCUT2D eigenvalue weighted by atomic mass is 16.7. The number of ether oxygens (including phenoxy) is 4. The molecular formula is C20H22O6. The van der Waals surface area contributed by atoms with Gasteiger partial charge in [0.1, 0.15) is 11.5 Å². The van der Waals surface area contributed by atoms with E-state index in [9.17, 15) is 9.59 Å². The molecular weight excluding hydrogens is 336 g/mol. The molecule has 2 aromatic carbocycles. The SMILES string of the molecule is CCOC(=O)OC(C)(C(=O)OCC)c1ccc(Oc2ccccc2)cc1. The molecule has 1 unspecified atom stereocenters. The first-order valence-corrected chi connectivity index (χ1v) is 8.36. The van der Waals surface area contributed by atoms with E-state index in [1.165, 1.54) is 6.92 Å². The van der Waals surface area contributed by atoms with Crippen LogP contribution in [0.25, 0.3) is 0 Å². The van der Waals surface area contributed by atoms with Crippen LogP contribution in [0.5, 0.6) is 11.5 Å². The first-order valence-electron chi connectivity index (χ1n) is 8.36. The number of hydrogen-bond donors (Lipinski definition) is 0. The molecule has 0 saturated heterocycles. The summed E-state index contributed by atoms with van der Waals surface area (Å²) >= 11 is 0. The fourth-order valence-electron chi connectivity index (χ4n) is 2.27. The van der Waals surface area contributed by atoms with E-state index in [1.54, 1.807) is 38.1 Å². The molecule has 0 aliphatic rings. The molecule has 0 bridgehead atoms. The van der Waals surface area contributed by atoms with Gasteiger partial charge in [-0.1, -0.05) is 30.3 Å². The Bertz CT molecular complexity index is 726. The Labute approximate surface area is 152 Å². The van der Waals surface area contributed by atoms with Gasteiger partial charge in [-0.3, -0.25) is 0 Å². The summed E-state index contributed by atoms with van der Waals surface area (Å²) in [6.07, 6.45) is -0.937. The Morgan fingerprint density at radius 2 is 1.42 bits per heavy atom. The summed E-state index contributed by atoms with van der Waals surface area (Å²) in [5.41, 5.74) is -1.17. The van der Waals surface area contributed by atoms with Crippen molar-refractivity contribution in [3.05, 3.63) is 60.2 Å². The normalized spacial score (nSPS) is 12.6. The predicted octanol–water partition coefficient (Wildman–Crippen LogP) is 4.43. The summed E-state index contributed by atoms with van der Waals surface area (Å²) in [4.78, 5) is 24.2. The van der Waals surface area contributed by atoms with Crippen molar-refractivity contribution in [2.24, 2.45) is 0 Å². The minimum Gasteiger partial charge on any atom is -0.463 e. The van der Waals surface area contributed by atoms with E-state index in [4.69, 9.17) is 18.9 Å². The first kappa shape index (κ1) is 19.3. The van der Waals surface area contributed by atoms with E-state index < -0.39 is 17.7 Å². The van der Waals surface area contributed by atoms with Gasteiger partial charge in [0.05, 0.1) is 13.2 Å². The van der Waals surface area contributed by atoms with E-state index in [0.717, 1.165) is 0 Å². The second kappa shape index (κ2) is 8.89. The second-order valence-electron chi connectivity index (χ2n) is 5.48. The second-order valence-corrected chi connectivity index (χ2v) is 5.48. The summed E-state index contributed by atoms with van der Waals surface area (Å²) in [6.45, 7) is 5.10. The molecule has 0 spiro atoms. The zero-order valence-electron chi connectivity index (χ0n) is 15.1. The lowest BCUT2D eigenvalue weighted by atomic mass is 9.95. The molecule has 26 heavy (non-hydrogen) atoms. The van der Waals surface area contributed by atoms with Gasteiger partial charge < -0.3 is 18.9 Å². The smallest absolute Gasteiger partial charge is 0.463 e. The standard InChI is InChI=1S/C20H22O6/c1-4-23-18(21)20(3,26-19(22)24-5-2)15-11-13-17(14-12-15)25-16-9-7-6-8-10-16/h6-14H,4-5H2,1-3H3. The van der Waals surface area contributed by atoms with E-state index in [2.05, 4.69) is 0 Å². The van der Waals surface area contributed by atoms with Crippen LogP contribution in [0.1, 0.15) is 26.3 Å². The van der Waals surface area contributed by atoms with Crippen molar-refractivity contribution in [1.82, 2.24) is 0 Å². The van der Waals surface area contributed by atoms with Crippen molar-refractivity contribution in [1.29, 1.82) is 0 Å². The number of hydrogen-bond acceptors (Lipinski definition) is 6. The van der Waals surface area contributed by atoms with Gasteiger partial charge in [0.2, 0.25) is 5.60 Å². The molecule has 138 valence electrons. The van der Waals surface area contributed by atoms with Gasteiger partial charge in [0.15, 0.2) is 0 Å².